The van der Waals surface area contributed by atoms with Gasteiger partial charge in [-0.05, 0) is 45.4 Å². The van der Waals surface area contributed by atoms with Crippen molar-refractivity contribution < 1.29 is 9.84 Å². The van der Waals surface area contributed by atoms with Crippen LogP contribution in [0.2, 0.25) is 0 Å². The summed E-state index contributed by atoms with van der Waals surface area (Å²) in [5.74, 6) is 0.185. The van der Waals surface area contributed by atoms with Crippen molar-refractivity contribution >= 4 is 16.5 Å². The summed E-state index contributed by atoms with van der Waals surface area (Å²) in [7, 11) is 6.15. The fourth-order valence-electron chi connectivity index (χ4n) is 5.20. The van der Waals surface area contributed by atoms with Gasteiger partial charge in [-0.3, -0.25) is 4.90 Å². The number of hydrogen-bond donors (Lipinski definition) is 1. The highest BCUT2D eigenvalue weighted by Crippen LogP contribution is 2.46. The van der Waals surface area contributed by atoms with Gasteiger partial charge < -0.3 is 19.3 Å². The number of fused-ring (bicyclic) bond motifs is 2. The number of phenols is 1. The first kappa shape index (κ1) is 20.4. The van der Waals surface area contributed by atoms with Crippen LogP contribution in [0.3, 0.4) is 0 Å². The average Bonchev–Trinajstić information content (AvgIpc) is 3.48. The molecular weight excluding hydrogens is 412 g/mol. The van der Waals surface area contributed by atoms with E-state index in [9.17, 15) is 5.11 Å². The molecular formula is C22H28N6O2S. The Bertz CT molecular complexity index is 1070. The molecule has 5 rings (SSSR count). The second-order valence-electron chi connectivity index (χ2n) is 8.92. The fourth-order valence-corrected chi connectivity index (χ4v) is 6.11. The van der Waals surface area contributed by atoms with Crippen molar-refractivity contribution in [3.05, 3.63) is 36.9 Å². The van der Waals surface area contributed by atoms with Crippen LogP contribution in [0.5, 0.6) is 5.75 Å². The van der Waals surface area contributed by atoms with Gasteiger partial charge in [0.05, 0.1) is 23.7 Å². The Hall–Kier alpha value is -2.49. The molecule has 4 atom stereocenters. The zero-order chi connectivity index (χ0) is 21.8. The second kappa shape index (κ2) is 7.58. The highest BCUT2D eigenvalue weighted by Gasteiger charge is 2.53. The zero-order valence-corrected chi connectivity index (χ0v) is 19.1. The van der Waals surface area contributed by atoms with Crippen LogP contribution in [0.4, 0.5) is 5.13 Å². The van der Waals surface area contributed by atoms with Crippen molar-refractivity contribution in [1.29, 1.82) is 0 Å². The number of hydrogen-bond acceptors (Lipinski definition) is 8. The Morgan fingerprint density at radius 1 is 1.29 bits per heavy atom. The number of benzene rings is 1. The molecule has 2 bridgehead atoms. The van der Waals surface area contributed by atoms with Gasteiger partial charge in [0.25, 0.3) is 0 Å². The third kappa shape index (κ3) is 3.40. The third-order valence-corrected chi connectivity index (χ3v) is 8.24. The zero-order valence-electron chi connectivity index (χ0n) is 18.3. The molecule has 0 spiro atoms. The molecule has 2 saturated heterocycles. The minimum absolute atomic E-state index is 0.136. The van der Waals surface area contributed by atoms with E-state index < -0.39 is 0 Å². The van der Waals surface area contributed by atoms with E-state index in [4.69, 9.17) is 4.74 Å². The van der Waals surface area contributed by atoms with Crippen molar-refractivity contribution in [2.75, 3.05) is 26.1 Å². The smallest absolute Gasteiger partial charge is 0.208 e. The summed E-state index contributed by atoms with van der Waals surface area (Å²) in [5.41, 5.74) is 1.68. The van der Waals surface area contributed by atoms with Gasteiger partial charge in [0, 0.05) is 50.2 Å². The van der Waals surface area contributed by atoms with E-state index in [0.717, 1.165) is 30.1 Å². The van der Waals surface area contributed by atoms with Crippen molar-refractivity contribution in [3.8, 4) is 22.0 Å². The summed E-state index contributed by atoms with van der Waals surface area (Å²) >= 11 is 1.51. The molecule has 31 heavy (non-hydrogen) atoms. The van der Waals surface area contributed by atoms with E-state index in [2.05, 4.69) is 46.0 Å². The Labute approximate surface area is 186 Å². The van der Waals surface area contributed by atoms with Crippen LogP contribution in [0.25, 0.3) is 16.3 Å². The number of imidazole rings is 1. The van der Waals surface area contributed by atoms with Crippen molar-refractivity contribution in [2.45, 2.75) is 49.9 Å². The summed E-state index contributed by atoms with van der Waals surface area (Å²) in [4.78, 5) is 8.81. The predicted molar refractivity (Wildman–Crippen MR) is 121 cm³/mol. The Morgan fingerprint density at radius 2 is 2.13 bits per heavy atom. The lowest BCUT2D eigenvalue weighted by Gasteiger charge is -2.46. The lowest BCUT2D eigenvalue weighted by atomic mass is 9.87. The number of likely N-dealkylation sites (N-methyl/N-ethyl adjacent to an activating group) is 1. The Kier molecular flexibility index (Phi) is 4.99. The van der Waals surface area contributed by atoms with Crippen LogP contribution in [0.15, 0.2) is 36.9 Å². The van der Waals surface area contributed by atoms with E-state index in [1.807, 2.05) is 30.0 Å². The van der Waals surface area contributed by atoms with E-state index in [1.54, 1.807) is 18.6 Å². The molecule has 8 nitrogen and oxygen atoms in total. The van der Waals surface area contributed by atoms with Crippen LogP contribution in [0.1, 0.15) is 26.2 Å². The maximum Gasteiger partial charge on any atom is 0.208 e. The summed E-state index contributed by atoms with van der Waals surface area (Å²) in [6, 6.07) is 6.35. The van der Waals surface area contributed by atoms with Crippen LogP contribution in [-0.2, 0) is 4.74 Å². The number of anilines is 1. The third-order valence-electron chi connectivity index (χ3n) is 7.19. The number of phenolic OH excluding ortho intramolecular Hbond substituents is 1. The number of aromatic hydroxyl groups is 1. The standard InChI is InChI=1S/C22H28N6O2S/c1-22-11-15(9-17(27(22)3)19(12-22)30-4)26(2)21-25-24-20(31-21)16-6-5-14(10-18(16)29)28-8-7-23-13-28/h5-8,10,13,15,17,19,29H,9,11-12H2,1-4H3/t15-,17+,19-,22-/m1/s1. The Morgan fingerprint density at radius 3 is 2.84 bits per heavy atom. The van der Waals surface area contributed by atoms with Crippen molar-refractivity contribution in [1.82, 2.24) is 24.6 Å². The largest absolute Gasteiger partial charge is 0.507 e. The van der Waals surface area contributed by atoms with Crippen LogP contribution in [-0.4, -0.2) is 74.7 Å². The van der Waals surface area contributed by atoms with Gasteiger partial charge in [-0.25, -0.2) is 4.98 Å². The number of rotatable bonds is 5. The normalized spacial score (nSPS) is 28.2. The molecule has 164 valence electrons. The predicted octanol–water partition coefficient (Wildman–Crippen LogP) is 3.17. The van der Waals surface area contributed by atoms with Crippen LogP contribution >= 0.6 is 11.3 Å². The maximum atomic E-state index is 10.6. The van der Waals surface area contributed by atoms with Gasteiger partial charge >= 0.3 is 0 Å². The minimum Gasteiger partial charge on any atom is -0.507 e. The molecule has 1 aromatic carbocycles. The number of methoxy groups -OCH3 is 1. The highest BCUT2D eigenvalue weighted by molar-refractivity contribution is 7.18. The van der Waals surface area contributed by atoms with Crippen molar-refractivity contribution in [2.24, 2.45) is 0 Å². The molecule has 0 saturated carbocycles. The maximum absolute atomic E-state index is 10.6. The van der Waals surface area contributed by atoms with Gasteiger partial charge in [0.15, 0.2) is 5.01 Å². The molecule has 2 aromatic heterocycles. The van der Waals surface area contributed by atoms with Gasteiger partial charge in [0.1, 0.15) is 5.75 Å². The molecule has 3 aromatic rings. The summed E-state index contributed by atoms with van der Waals surface area (Å²) < 4.78 is 7.64. The quantitative estimate of drug-likeness (QED) is 0.653. The lowest BCUT2D eigenvalue weighted by molar-refractivity contribution is 0.0430. The second-order valence-corrected chi connectivity index (χ2v) is 9.88. The summed E-state index contributed by atoms with van der Waals surface area (Å²) in [6.07, 6.45) is 8.71. The van der Waals surface area contributed by atoms with Gasteiger partial charge in [0.2, 0.25) is 5.13 Å². The van der Waals surface area contributed by atoms with Crippen molar-refractivity contribution in [3.63, 3.8) is 0 Å². The molecule has 2 aliphatic heterocycles. The van der Waals surface area contributed by atoms with E-state index in [0.29, 0.717) is 22.7 Å². The number of piperidine rings is 1. The average molecular weight is 441 g/mol. The van der Waals surface area contributed by atoms with E-state index in [1.165, 1.54) is 11.3 Å². The van der Waals surface area contributed by atoms with Crippen LogP contribution < -0.4 is 4.90 Å². The number of ether oxygens (including phenoxy) is 1. The molecule has 2 fully saturated rings. The van der Waals surface area contributed by atoms with Gasteiger partial charge in [-0.2, -0.15) is 0 Å². The summed E-state index contributed by atoms with van der Waals surface area (Å²) in [5, 5.41) is 21.0. The molecule has 0 unspecified atom stereocenters. The number of nitrogens with zero attached hydrogens (tertiary/aromatic N) is 6. The molecule has 9 heteroatoms. The monoisotopic (exact) mass is 440 g/mol. The first-order valence-corrected chi connectivity index (χ1v) is 11.3. The Balaban J connectivity index is 1.36. The van der Waals surface area contributed by atoms with E-state index >= 15 is 0 Å². The first-order valence-electron chi connectivity index (χ1n) is 10.5. The molecule has 4 heterocycles. The molecule has 1 N–H and O–H groups in total. The molecule has 0 aliphatic carbocycles. The topological polar surface area (TPSA) is 79.5 Å². The van der Waals surface area contributed by atoms with Crippen LogP contribution in [0, 0.1) is 0 Å². The highest BCUT2D eigenvalue weighted by atomic mass is 32.1. The summed E-state index contributed by atoms with van der Waals surface area (Å²) in [6.45, 7) is 2.34. The van der Waals surface area contributed by atoms with Gasteiger partial charge in [-0.1, -0.05) is 11.3 Å². The van der Waals surface area contributed by atoms with Gasteiger partial charge in [-0.15, -0.1) is 10.2 Å². The lowest BCUT2D eigenvalue weighted by Crippen LogP contribution is -2.54. The van der Waals surface area contributed by atoms with E-state index in [-0.39, 0.29) is 17.4 Å². The fraction of sp³-hybridized carbons (Fsp3) is 0.500. The molecule has 2 aliphatic rings. The number of aromatic nitrogens is 4. The minimum atomic E-state index is 0.136. The SMILES string of the molecule is CO[C@@H]1C[C@@]2(C)C[C@H](N(C)c3nnc(-c4ccc(-n5ccnc5)cc4O)s3)C[C@@H]1N2C. The molecule has 0 radical (unpaired) electrons. The molecule has 0 amide bonds. The first-order chi connectivity index (χ1) is 14.9.